The van der Waals surface area contributed by atoms with Crippen LogP contribution in [0.5, 0.6) is 0 Å². The molecule has 94 valence electrons. The van der Waals surface area contributed by atoms with Crippen molar-refractivity contribution in [3.05, 3.63) is 0 Å². The third-order valence-corrected chi connectivity index (χ3v) is 3.91. The first kappa shape index (κ1) is 12.4. The van der Waals surface area contributed by atoms with Crippen LogP contribution in [0.2, 0.25) is 0 Å². The highest BCUT2D eigenvalue weighted by Crippen LogP contribution is 2.30. The van der Waals surface area contributed by atoms with Crippen molar-refractivity contribution in [3.63, 3.8) is 0 Å². The van der Waals surface area contributed by atoms with Gasteiger partial charge in [0.05, 0.1) is 0 Å². The van der Waals surface area contributed by atoms with Crippen LogP contribution in [0.3, 0.4) is 0 Å². The third kappa shape index (κ3) is 3.74. The Labute approximate surface area is 101 Å². The third-order valence-electron chi connectivity index (χ3n) is 3.91. The van der Waals surface area contributed by atoms with E-state index in [9.17, 15) is 0 Å². The molecule has 1 N–H and O–H groups in total. The van der Waals surface area contributed by atoms with Gasteiger partial charge in [-0.1, -0.05) is 20.8 Å². The Morgan fingerprint density at radius 1 is 1.25 bits per heavy atom. The molecule has 2 nitrogen and oxygen atoms in total. The molecule has 2 atom stereocenters. The quantitative estimate of drug-likeness (QED) is 0.772. The molecule has 0 aromatic rings. The molecule has 0 spiro atoms. The molecule has 1 aliphatic heterocycles. The summed E-state index contributed by atoms with van der Waals surface area (Å²) in [4.78, 5) is 2.72. The van der Waals surface area contributed by atoms with E-state index >= 15 is 0 Å². The fourth-order valence-electron chi connectivity index (χ4n) is 2.85. The average Bonchev–Trinajstić information content (AvgIpc) is 2.99. The summed E-state index contributed by atoms with van der Waals surface area (Å²) in [6.45, 7) is 10.9. The van der Waals surface area contributed by atoms with Crippen molar-refractivity contribution < 1.29 is 0 Å². The Morgan fingerprint density at radius 2 is 2.00 bits per heavy atom. The molecular weight excluding hydrogens is 196 g/mol. The van der Waals surface area contributed by atoms with Gasteiger partial charge in [-0.15, -0.1) is 0 Å². The summed E-state index contributed by atoms with van der Waals surface area (Å²) in [5.41, 5.74) is 0. The Bertz CT molecular complexity index is 211. The van der Waals surface area contributed by atoms with Gasteiger partial charge < -0.3 is 5.32 Å². The lowest BCUT2D eigenvalue weighted by atomic mass is 9.95. The van der Waals surface area contributed by atoms with Crippen molar-refractivity contribution in [1.29, 1.82) is 0 Å². The van der Waals surface area contributed by atoms with E-state index in [0.29, 0.717) is 0 Å². The zero-order valence-corrected chi connectivity index (χ0v) is 11.2. The van der Waals surface area contributed by atoms with E-state index in [1.165, 1.54) is 45.3 Å². The molecular formula is C14H28N2. The van der Waals surface area contributed by atoms with Crippen LogP contribution in [-0.4, -0.2) is 36.6 Å². The fourth-order valence-corrected chi connectivity index (χ4v) is 2.85. The first-order chi connectivity index (χ1) is 7.65. The maximum absolute atomic E-state index is 3.75. The smallest absolute Gasteiger partial charge is 0.0198 e. The lowest BCUT2D eigenvalue weighted by Crippen LogP contribution is -2.49. The molecule has 2 unspecified atom stereocenters. The number of nitrogens with zero attached hydrogens (tertiary/aromatic N) is 1. The van der Waals surface area contributed by atoms with Gasteiger partial charge in [0.15, 0.2) is 0 Å². The summed E-state index contributed by atoms with van der Waals surface area (Å²) in [6.07, 6.45) is 5.59. The van der Waals surface area contributed by atoms with Crippen molar-refractivity contribution >= 4 is 0 Å². The van der Waals surface area contributed by atoms with Crippen LogP contribution >= 0.6 is 0 Å². The van der Waals surface area contributed by atoms with Gasteiger partial charge in [-0.05, 0) is 44.1 Å². The molecule has 0 amide bonds. The molecule has 0 aromatic heterocycles. The van der Waals surface area contributed by atoms with Gasteiger partial charge in [-0.25, -0.2) is 0 Å². The Morgan fingerprint density at radius 3 is 2.62 bits per heavy atom. The monoisotopic (exact) mass is 224 g/mol. The van der Waals surface area contributed by atoms with Crippen molar-refractivity contribution in [3.8, 4) is 0 Å². The second kappa shape index (κ2) is 5.50. The van der Waals surface area contributed by atoms with Gasteiger partial charge in [0.25, 0.3) is 0 Å². The van der Waals surface area contributed by atoms with Crippen LogP contribution in [0, 0.1) is 11.8 Å². The molecule has 0 radical (unpaired) electrons. The molecule has 2 aliphatic rings. The first-order valence-corrected chi connectivity index (χ1v) is 7.12. The fraction of sp³-hybridized carbons (Fsp3) is 1.00. The van der Waals surface area contributed by atoms with Gasteiger partial charge in [0.1, 0.15) is 0 Å². The minimum Gasteiger partial charge on any atom is -0.313 e. The standard InChI is InChI=1S/C14H28N2/c1-11(2)6-7-15-13-8-12(3)9-16(10-13)14-4-5-14/h11-15H,4-10H2,1-3H3. The minimum atomic E-state index is 0.753. The summed E-state index contributed by atoms with van der Waals surface area (Å²) < 4.78 is 0. The average molecular weight is 224 g/mol. The van der Waals surface area contributed by atoms with Gasteiger partial charge >= 0.3 is 0 Å². The minimum absolute atomic E-state index is 0.753. The highest BCUT2D eigenvalue weighted by atomic mass is 15.2. The number of rotatable bonds is 5. The molecule has 16 heavy (non-hydrogen) atoms. The highest BCUT2D eigenvalue weighted by Gasteiger charge is 2.34. The predicted molar refractivity (Wildman–Crippen MR) is 69.6 cm³/mol. The Kier molecular flexibility index (Phi) is 4.26. The van der Waals surface area contributed by atoms with E-state index in [1.54, 1.807) is 0 Å². The molecule has 0 aromatic carbocycles. The topological polar surface area (TPSA) is 15.3 Å². The second-order valence-electron chi connectivity index (χ2n) is 6.36. The van der Waals surface area contributed by atoms with E-state index in [-0.39, 0.29) is 0 Å². The van der Waals surface area contributed by atoms with Gasteiger partial charge in [-0.3, -0.25) is 4.90 Å². The molecule has 0 bridgehead atoms. The second-order valence-corrected chi connectivity index (χ2v) is 6.36. The molecule has 1 aliphatic carbocycles. The largest absolute Gasteiger partial charge is 0.313 e. The summed E-state index contributed by atoms with van der Waals surface area (Å²) in [6, 6.07) is 1.69. The number of likely N-dealkylation sites (tertiary alicyclic amines) is 1. The highest BCUT2D eigenvalue weighted by molar-refractivity contribution is 4.91. The lowest BCUT2D eigenvalue weighted by molar-refractivity contribution is 0.141. The maximum Gasteiger partial charge on any atom is 0.0198 e. The van der Waals surface area contributed by atoms with Crippen LogP contribution < -0.4 is 5.32 Å². The van der Waals surface area contributed by atoms with Crippen LogP contribution in [-0.2, 0) is 0 Å². The lowest BCUT2D eigenvalue weighted by Gasteiger charge is -2.37. The van der Waals surface area contributed by atoms with Crippen molar-refractivity contribution in [2.75, 3.05) is 19.6 Å². The Balaban J connectivity index is 1.71. The molecule has 2 fully saturated rings. The summed E-state index contributed by atoms with van der Waals surface area (Å²) in [5.74, 6) is 1.71. The van der Waals surface area contributed by atoms with Gasteiger partial charge in [0, 0.05) is 25.2 Å². The summed E-state index contributed by atoms with van der Waals surface area (Å²) in [5, 5.41) is 3.75. The number of piperidine rings is 1. The van der Waals surface area contributed by atoms with Gasteiger partial charge in [0.2, 0.25) is 0 Å². The van der Waals surface area contributed by atoms with Crippen molar-refractivity contribution in [2.45, 2.75) is 58.5 Å². The summed E-state index contributed by atoms with van der Waals surface area (Å²) in [7, 11) is 0. The molecule has 1 heterocycles. The van der Waals surface area contributed by atoms with E-state index in [0.717, 1.165) is 23.9 Å². The van der Waals surface area contributed by atoms with Gasteiger partial charge in [-0.2, -0.15) is 0 Å². The zero-order chi connectivity index (χ0) is 11.5. The van der Waals surface area contributed by atoms with Crippen molar-refractivity contribution in [2.24, 2.45) is 11.8 Å². The molecule has 2 heteroatoms. The zero-order valence-electron chi connectivity index (χ0n) is 11.2. The molecule has 2 rings (SSSR count). The number of hydrogen-bond donors (Lipinski definition) is 1. The molecule has 1 saturated carbocycles. The van der Waals surface area contributed by atoms with E-state index in [2.05, 4.69) is 31.0 Å². The normalized spacial score (nSPS) is 32.2. The first-order valence-electron chi connectivity index (χ1n) is 7.12. The Hall–Kier alpha value is -0.0800. The number of nitrogens with one attached hydrogen (secondary N) is 1. The van der Waals surface area contributed by atoms with E-state index in [1.807, 2.05) is 0 Å². The van der Waals surface area contributed by atoms with Crippen LogP contribution in [0.1, 0.15) is 46.5 Å². The summed E-state index contributed by atoms with van der Waals surface area (Å²) >= 11 is 0. The van der Waals surface area contributed by atoms with E-state index < -0.39 is 0 Å². The SMILES string of the molecule is CC(C)CCNC1CC(C)CN(C2CC2)C1. The van der Waals surface area contributed by atoms with Crippen LogP contribution in [0.25, 0.3) is 0 Å². The van der Waals surface area contributed by atoms with Crippen LogP contribution in [0.4, 0.5) is 0 Å². The predicted octanol–water partition coefficient (Wildman–Crippen LogP) is 2.49. The number of hydrogen-bond acceptors (Lipinski definition) is 2. The maximum atomic E-state index is 3.75. The van der Waals surface area contributed by atoms with Crippen LogP contribution in [0.15, 0.2) is 0 Å². The molecule has 1 saturated heterocycles. The van der Waals surface area contributed by atoms with E-state index in [4.69, 9.17) is 0 Å². The van der Waals surface area contributed by atoms with Crippen molar-refractivity contribution in [1.82, 2.24) is 10.2 Å².